The summed E-state index contributed by atoms with van der Waals surface area (Å²) < 4.78 is 8.02. The molecule has 0 aliphatic carbocycles. The zero-order valence-corrected chi connectivity index (χ0v) is 19.6. The molecule has 6 nitrogen and oxygen atoms in total. The van der Waals surface area contributed by atoms with Gasteiger partial charge in [-0.15, -0.1) is 16.8 Å². The van der Waals surface area contributed by atoms with E-state index in [1.54, 1.807) is 6.08 Å². The number of carbonyl (C=O) groups excluding carboxylic acids is 1. The molecule has 1 heterocycles. The molecule has 7 heteroatoms. The van der Waals surface area contributed by atoms with Crippen molar-refractivity contribution in [2.75, 3.05) is 11.1 Å². The SMILES string of the molecule is C=CCn1c(COc2ccc3ccccc3c2C)nnc1SCC(=O)Nc1ccc(C)cc1. The number of aryl methyl sites for hydroxylation is 2. The number of nitrogens with zero attached hydrogens (tertiary/aromatic N) is 3. The lowest BCUT2D eigenvalue weighted by molar-refractivity contribution is -0.113. The maximum Gasteiger partial charge on any atom is 0.234 e. The van der Waals surface area contributed by atoms with Crippen molar-refractivity contribution in [2.24, 2.45) is 0 Å². The highest BCUT2D eigenvalue weighted by atomic mass is 32.2. The van der Waals surface area contributed by atoms with E-state index < -0.39 is 0 Å². The summed E-state index contributed by atoms with van der Waals surface area (Å²) in [5, 5.41) is 14.5. The van der Waals surface area contributed by atoms with E-state index >= 15 is 0 Å². The molecule has 0 bridgehead atoms. The maximum atomic E-state index is 12.4. The highest BCUT2D eigenvalue weighted by Crippen LogP contribution is 2.28. The van der Waals surface area contributed by atoms with Crippen molar-refractivity contribution in [3.63, 3.8) is 0 Å². The summed E-state index contributed by atoms with van der Waals surface area (Å²) in [4.78, 5) is 12.4. The second-order valence-electron chi connectivity index (χ2n) is 7.70. The number of hydrogen-bond donors (Lipinski definition) is 1. The minimum absolute atomic E-state index is 0.0957. The molecule has 1 N–H and O–H groups in total. The minimum Gasteiger partial charge on any atom is -0.485 e. The van der Waals surface area contributed by atoms with Gasteiger partial charge in [0.05, 0.1) is 5.75 Å². The fourth-order valence-electron chi connectivity index (χ4n) is 3.51. The van der Waals surface area contributed by atoms with Crippen LogP contribution in [0.25, 0.3) is 10.8 Å². The number of fused-ring (bicyclic) bond motifs is 1. The molecule has 3 aromatic carbocycles. The van der Waals surface area contributed by atoms with Gasteiger partial charge in [-0.05, 0) is 48.4 Å². The van der Waals surface area contributed by atoms with Crippen LogP contribution in [0.15, 0.2) is 78.5 Å². The molecular weight excluding hydrogens is 432 g/mol. The van der Waals surface area contributed by atoms with E-state index in [-0.39, 0.29) is 18.3 Å². The number of allylic oxidation sites excluding steroid dienone is 1. The van der Waals surface area contributed by atoms with Gasteiger partial charge in [0.25, 0.3) is 0 Å². The fraction of sp³-hybridized carbons (Fsp3) is 0.192. The normalized spacial score (nSPS) is 10.8. The van der Waals surface area contributed by atoms with Crippen LogP contribution in [0.1, 0.15) is 17.0 Å². The molecular formula is C26H26N4O2S. The Kier molecular flexibility index (Phi) is 7.10. The smallest absolute Gasteiger partial charge is 0.234 e. The Morgan fingerprint density at radius 2 is 1.88 bits per heavy atom. The molecule has 0 aliphatic rings. The average molecular weight is 459 g/mol. The minimum atomic E-state index is -0.0957. The third-order valence-electron chi connectivity index (χ3n) is 5.28. The third-order valence-corrected chi connectivity index (χ3v) is 6.25. The molecule has 1 aromatic heterocycles. The summed E-state index contributed by atoms with van der Waals surface area (Å²) in [6, 6.07) is 20.0. The number of aromatic nitrogens is 3. The molecule has 0 unspecified atom stereocenters. The number of amides is 1. The van der Waals surface area contributed by atoms with Crippen molar-refractivity contribution in [3.05, 3.63) is 90.3 Å². The van der Waals surface area contributed by atoms with Crippen LogP contribution in [-0.2, 0) is 17.9 Å². The van der Waals surface area contributed by atoms with Crippen LogP contribution in [-0.4, -0.2) is 26.4 Å². The van der Waals surface area contributed by atoms with Crippen LogP contribution in [0, 0.1) is 13.8 Å². The number of thioether (sulfide) groups is 1. The molecule has 0 saturated carbocycles. The van der Waals surface area contributed by atoms with Crippen molar-refractivity contribution in [3.8, 4) is 5.75 Å². The van der Waals surface area contributed by atoms with Gasteiger partial charge in [-0.1, -0.05) is 65.9 Å². The Labute approximate surface area is 197 Å². The summed E-state index contributed by atoms with van der Waals surface area (Å²) in [5.74, 6) is 1.63. The first kappa shape index (κ1) is 22.6. The highest BCUT2D eigenvalue weighted by Gasteiger charge is 2.15. The van der Waals surface area contributed by atoms with Crippen LogP contribution < -0.4 is 10.1 Å². The molecule has 0 fully saturated rings. The summed E-state index contributed by atoms with van der Waals surface area (Å²) in [6.45, 7) is 8.71. The maximum absolute atomic E-state index is 12.4. The Hall–Kier alpha value is -3.58. The van der Waals surface area contributed by atoms with E-state index in [0.717, 1.165) is 22.6 Å². The molecule has 0 spiro atoms. The van der Waals surface area contributed by atoms with Gasteiger partial charge in [0.15, 0.2) is 11.0 Å². The van der Waals surface area contributed by atoms with Crippen molar-refractivity contribution < 1.29 is 9.53 Å². The van der Waals surface area contributed by atoms with E-state index in [0.29, 0.717) is 17.5 Å². The number of ether oxygens (including phenoxy) is 1. The fourth-order valence-corrected chi connectivity index (χ4v) is 4.28. The average Bonchev–Trinajstić information content (AvgIpc) is 3.21. The van der Waals surface area contributed by atoms with Crippen molar-refractivity contribution in [2.45, 2.75) is 32.2 Å². The van der Waals surface area contributed by atoms with Gasteiger partial charge in [0, 0.05) is 12.2 Å². The Balaban J connectivity index is 1.42. The molecule has 33 heavy (non-hydrogen) atoms. The lowest BCUT2D eigenvalue weighted by Crippen LogP contribution is -2.15. The van der Waals surface area contributed by atoms with Crippen LogP contribution in [0.5, 0.6) is 5.75 Å². The van der Waals surface area contributed by atoms with E-state index in [1.807, 2.05) is 54.0 Å². The lowest BCUT2D eigenvalue weighted by Gasteiger charge is -2.12. The molecule has 4 aromatic rings. The lowest BCUT2D eigenvalue weighted by atomic mass is 10.0. The standard InChI is InChI=1S/C26H26N4O2S/c1-4-15-30-24(16-32-23-14-11-20-7-5-6-8-22(20)19(23)3)28-29-26(30)33-17-25(31)27-21-12-9-18(2)10-13-21/h4-14H,1,15-17H2,2-3H3,(H,27,31). The first-order chi connectivity index (χ1) is 16.0. The summed E-state index contributed by atoms with van der Waals surface area (Å²) in [5.41, 5.74) is 3.01. The Bertz CT molecular complexity index is 1280. The molecule has 0 aliphatic heterocycles. The molecule has 0 radical (unpaired) electrons. The quantitative estimate of drug-likeness (QED) is 0.263. The number of nitrogens with one attached hydrogen (secondary N) is 1. The first-order valence-corrected chi connectivity index (χ1v) is 11.7. The van der Waals surface area contributed by atoms with Gasteiger partial charge >= 0.3 is 0 Å². The van der Waals surface area contributed by atoms with Crippen LogP contribution >= 0.6 is 11.8 Å². The Morgan fingerprint density at radius 1 is 1.09 bits per heavy atom. The molecule has 4 rings (SSSR count). The molecule has 168 valence electrons. The van der Waals surface area contributed by atoms with E-state index in [2.05, 4.69) is 47.2 Å². The predicted octanol–water partition coefficient (Wildman–Crippen LogP) is 5.54. The molecule has 0 saturated heterocycles. The number of rotatable bonds is 9. The zero-order valence-electron chi connectivity index (χ0n) is 18.7. The monoisotopic (exact) mass is 458 g/mol. The van der Waals surface area contributed by atoms with Gasteiger partial charge in [0.2, 0.25) is 5.91 Å². The zero-order chi connectivity index (χ0) is 23.2. The van der Waals surface area contributed by atoms with Gasteiger partial charge in [-0.2, -0.15) is 0 Å². The summed E-state index contributed by atoms with van der Waals surface area (Å²) >= 11 is 1.34. The van der Waals surface area contributed by atoms with Crippen molar-refractivity contribution >= 4 is 34.1 Å². The van der Waals surface area contributed by atoms with Crippen LogP contribution in [0.3, 0.4) is 0 Å². The second kappa shape index (κ2) is 10.4. The van der Waals surface area contributed by atoms with Crippen LogP contribution in [0.2, 0.25) is 0 Å². The Morgan fingerprint density at radius 3 is 2.67 bits per heavy atom. The number of benzene rings is 3. The van der Waals surface area contributed by atoms with Gasteiger partial charge in [0.1, 0.15) is 12.4 Å². The topological polar surface area (TPSA) is 69.0 Å². The largest absolute Gasteiger partial charge is 0.485 e. The number of anilines is 1. The number of hydrogen-bond acceptors (Lipinski definition) is 5. The predicted molar refractivity (Wildman–Crippen MR) is 134 cm³/mol. The highest BCUT2D eigenvalue weighted by molar-refractivity contribution is 7.99. The second-order valence-corrected chi connectivity index (χ2v) is 8.64. The van der Waals surface area contributed by atoms with Crippen LogP contribution in [0.4, 0.5) is 5.69 Å². The summed E-state index contributed by atoms with van der Waals surface area (Å²) in [6.07, 6.45) is 1.78. The van der Waals surface area contributed by atoms with E-state index in [1.165, 1.54) is 22.5 Å². The number of carbonyl (C=O) groups is 1. The van der Waals surface area contributed by atoms with Gasteiger partial charge in [-0.3, -0.25) is 9.36 Å². The first-order valence-electron chi connectivity index (χ1n) is 10.7. The van der Waals surface area contributed by atoms with Gasteiger partial charge in [-0.25, -0.2) is 0 Å². The molecule has 0 atom stereocenters. The van der Waals surface area contributed by atoms with E-state index in [9.17, 15) is 4.79 Å². The van der Waals surface area contributed by atoms with Gasteiger partial charge < -0.3 is 10.1 Å². The van der Waals surface area contributed by atoms with Crippen molar-refractivity contribution in [1.29, 1.82) is 0 Å². The third kappa shape index (κ3) is 5.43. The molecule has 1 amide bonds. The summed E-state index contributed by atoms with van der Waals surface area (Å²) in [7, 11) is 0. The van der Waals surface area contributed by atoms with E-state index in [4.69, 9.17) is 4.74 Å². The van der Waals surface area contributed by atoms with Crippen molar-refractivity contribution in [1.82, 2.24) is 14.8 Å².